The van der Waals surface area contributed by atoms with E-state index in [4.69, 9.17) is 0 Å². The van der Waals surface area contributed by atoms with Crippen molar-refractivity contribution in [1.29, 1.82) is 0 Å². The van der Waals surface area contributed by atoms with Crippen LogP contribution >= 0.6 is 0 Å². The average Bonchev–Trinajstić information content (AvgIpc) is 2.45. The Morgan fingerprint density at radius 2 is 2.16 bits per heavy atom. The number of benzene rings is 1. The maximum Gasteiger partial charge on any atom is 0.271 e. The summed E-state index contributed by atoms with van der Waals surface area (Å²) < 4.78 is 0. The minimum atomic E-state index is -0.399. The maximum atomic E-state index is 10.7. The largest absolute Gasteiger partial charge is 0.379 e. The van der Waals surface area contributed by atoms with Crippen molar-refractivity contribution in [2.24, 2.45) is 0 Å². The van der Waals surface area contributed by atoms with Crippen molar-refractivity contribution in [3.05, 3.63) is 64.0 Å². The molecule has 1 N–H and O–H groups in total. The zero-order valence-corrected chi connectivity index (χ0v) is 10.7. The zero-order valence-electron chi connectivity index (χ0n) is 10.7. The molecule has 5 heteroatoms. The number of nitro groups is 1. The van der Waals surface area contributed by atoms with Crippen LogP contribution in [0.4, 0.5) is 11.4 Å². The van der Waals surface area contributed by atoms with Gasteiger partial charge in [0.25, 0.3) is 5.69 Å². The molecule has 0 saturated carbocycles. The van der Waals surface area contributed by atoms with Crippen LogP contribution < -0.4 is 5.32 Å². The van der Waals surface area contributed by atoms with E-state index in [1.54, 1.807) is 12.3 Å². The molecule has 2 rings (SSSR count). The van der Waals surface area contributed by atoms with Crippen molar-refractivity contribution in [3.63, 3.8) is 0 Å². The van der Waals surface area contributed by atoms with Crippen LogP contribution in [0.1, 0.15) is 18.2 Å². The molecule has 2 aromatic rings. The van der Waals surface area contributed by atoms with E-state index in [0.29, 0.717) is 6.54 Å². The van der Waals surface area contributed by atoms with E-state index in [0.717, 1.165) is 17.8 Å². The molecule has 0 radical (unpaired) electrons. The van der Waals surface area contributed by atoms with Gasteiger partial charge in [0.2, 0.25) is 0 Å². The molecule has 0 saturated heterocycles. The van der Waals surface area contributed by atoms with Gasteiger partial charge in [-0.2, -0.15) is 0 Å². The Labute approximate surface area is 111 Å². The van der Waals surface area contributed by atoms with Gasteiger partial charge in [-0.1, -0.05) is 19.1 Å². The Bertz CT molecular complexity index is 584. The smallest absolute Gasteiger partial charge is 0.271 e. The lowest BCUT2D eigenvalue weighted by Crippen LogP contribution is -2.05. The molecule has 98 valence electrons. The van der Waals surface area contributed by atoms with Gasteiger partial charge in [-0.3, -0.25) is 15.1 Å². The number of rotatable bonds is 5. The van der Waals surface area contributed by atoms with Crippen LogP contribution in [-0.2, 0) is 13.0 Å². The highest BCUT2D eigenvalue weighted by Gasteiger charge is 2.06. The molecule has 1 aromatic carbocycles. The molecule has 0 aliphatic rings. The Balaban J connectivity index is 2.10. The van der Waals surface area contributed by atoms with E-state index in [9.17, 15) is 10.1 Å². The molecule has 1 heterocycles. The van der Waals surface area contributed by atoms with Crippen molar-refractivity contribution in [2.75, 3.05) is 5.32 Å². The summed E-state index contributed by atoms with van der Waals surface area (Å²) in [6.45, 7) is 2.64. The monoisotopic (exact) mass is 257 g/mol. The van der Waals surface area contributed by atoms with Gasteiger partial charge in [0.1, 0.15) is 0 Å². The number of hydrogen-bond acceptors (Lipinski definition) is 4. The molecule has 1 aromatic heterocycles. The molecule has 0 aliphatic carbocycles. The predicted molar refractivity (Wildman–Crippen MR) is 74.0 cm³/mol. The van der Waals surface area contributed by atoms with Crippen molar-refractivity contribution < 1.29 is 4.92 Å². The van der Waals surface area contributed by atoms with Crippen molar-refractivity contribution in [3.8, 4) is 0 Å². The molecule has 0 bridgehead atoms. The number of pyridine rings is 1. The van der Waals surface area contributed by atoms with Crippen molar-refractivity contribution in [1.82, 2.24) is 4.98 Å². The molecule has 0 atom stereocenters. The number of nitrogens with zero attached hydrogens (tertiary/aromatic N) is 2. The van der Waals surface area contributed by atoms with Gasteiger partial charge >= 0.3 is 0 Å². The van der Waals surface area contributed by atoms with Gasteiger partial charge in [0, 0.05) is 24.0 Å². The van der Waals surface area contributed by atoms with E-state index < -0.39 is 4.92 Å². The van der Waals surface area contributed by atoms with Crippen LogP contribution in [-0.4, -0.2) is 9.91 Å². The minimum absolute atomic E-state index is 0.0849. The average molecular weight is 257 g/mol. The van der Waals surface area contributed by atoms with Crippen LogP contribution in [0.25, 0.3) is 0 Å². The number of anilines is 1. The summed E-state index contributed by atoms with van der Waals surface area (Å²) in [6, 6.07) is 10.4. The number of aromatic nitrogens is 1. The van der Waals surface area contributed by atoms with Gasteiger partial charge in [0.15, 0.2) is 0 Å². The highest BCUT2D eigenvalue weighted by Crippen LogP contribution is 2.18. The van der Waals surface area contributed by atoms with Gasteiger partial charge in [-0.05, 0) is 24.1 Å². The Morgan fingerprint density at radius 3 is 2.89 bits per heavy atom. The van der Waals surface area contributed by atoms with Crippen LogP contribution in [0, 0.1) is 10.1 Å². The van der Waals surface area contributed by atoms with Crippen LogP contribution in [0.15, 0.2) is 42.6 Å². The van der Waals surface area contributed by atoms with Crippen molar-refractivity contribution >= 4 is 11.4 Å². The summed E-state index contributed by atoms with van der Waals surface area (Å²) in [5, 5.41) is 13.9. The van der Waals surface area contributed by atoms with Gasteiger partial charge < -0.3 is 5.32 Å². The molecule has 0 amide bonds. The minimum Gasteiger partial charge on any atom is -0.379 e. The van der Waals surface area contributed by atoms with E-state index in [1.165, 1.54) is 17.7 Å². The first-order valence-electron chi connectivity index (χ1n) is 6.12. The van der Waals surface area contributed by atoms with E-state index in [-0.39, 0.29) is 5.69 Å². The SMILES string of the molecule is CCc1cccnc1CNc1cccc([N+](=O)[O-])c1. The fourth-order valence-corrected chi connectivity index (χ4v) is 1.87. The number of aryl methyl sites for hydroxylation is 1. The van der Waals surface area contributed by atoms with Gasteiger partial charge in [0.05, 0.1) is 17.2 Å². The van der Waals surface area contributed by atoms with E-state index >= 15 is 0 Å². The zero-order chi connectivity index (χ0) is 13.7. The molecule has 0 spiro atoms. The quantitative estimate of drug-likeness (QED) is 0.660. The number of non-ortho nitro benzene ring substituents is 1. The Kier molecular flexibility index (Phi) is 4.07. The maximum absolute atomic E-state index is 10.7. The molecule has 19 heavy (non-hydrogen) atoms. The third-order valence-electron chi connectivity index (χ3n) is 2.88. The molecular formula is C14H15N3O2. The highest BCUT2D eigenvalue weighted by atomic mass is 16.6. The van der Waals surface area contributed by atoms with Crippen LogP contribution in [0.5, 0.6) is 0 Å². The molecule has 5 nitrogen and oxygen atoms in total. The fourth-order valence-electron chi connectivity index (χ4n) is 1.87. The molecule has 0 aliphatic heterocycles. The molecule has 0 unspecified atom stereocenters. The summed E-state index contributed by atoms with van der Waals surface area (Å²) in [4.78, 5) is 14.6. The summed E-state index contributed by atoms with van der Waals surface area (Å²) in [6.07, 6.45) is 2.67. The lowest BCUT2D eigenvalue weighted by Gasteiger charge is -2.09. The fraction of sp³-hybridized carbons (Fsp3) is 0.214. The number of nitrogens with one attached hydrogen (secondary N) is 1. The standard InChI is InChI=1S/C14H15N3O2/c1-2-11-5-4-8-15-14(11)10-16-12-6-3-7-13(9-12)17(18)19/h3-9,16H,2,10H2,1H3. The van der Waals surface area contributed by atoms with E-state index in [2.05, 4.69) is 17.2 Å². The van der Waals surface area contributed by atoms with E-state index in [1.807, 2.05) is 18.2 Å². The second-order valence-electron chi connectivity index (χ2n) is 4.12. The second-order valence-corrected chi connectivity index (χ2v) is 4.12. The first-order valence-corrected chi connectivity index (χ1v) is 6.12. The van der Waals surface area contributed by atoms with Crippen LogP contribution in [0.2, 0.25) is 0 Å². The Hall–Kier alpha value is -2.43. The third kappa shape index (κ3) is 3.28. The normalized spacial score (nSPS) is 10.2. The summed E-state index contributed by atoms with van der Waals surface area (Å²) in [7, 11) is 0. The van der Waals surface area contributed by atoms with Crippen molar-refractivity contribution in [2.45, 2.75) is 19.9 Å². The van der Waals surface area contributed by atoms with Gasteiger partial charge in [-0.25, -0.2) is 0 Å². The highest BCUT2D eigenvalue weighted by molar-refractivity contribution is 5.51. The summed E-state index contributed by atoms with van der Waals surface area (Å²) in [5.74, 6) is 0. The topological polar surface area (TPSA) is 68.1 Å². The predicted octanol–water partition coefficient (Wildman–Crippen LogP) is 3.16. The lowest BCUT2D eigenvalue weighted by molar-refractivity contribution is -0.384. The third-order valence-corrected chi connectivity index (χ3v) is 2.88. The van der Waals surface area contributed by atoms with Gasteiger partial charge in [-0.15, -0.1) is 0 Å². The number of nitro benzene ring substituents is 1. The summed E-state index contributed by atoms with van der Waals surface area (Å²) in [5.41, 5.74) is 2.96. The molecular weight excluding hydrogens is 242 g/mol. The first kappa shape index (κ1) is 13.0. The first-order chi connectivity index (χ1) is 9.20. The lowest BCUT2D eigenvalue weighted by atomic mass is 10.1. The summed E-state index contributed by atoms with van der Waals surface area (Å²) >= 11 is 0. The second kappa shape index (κ2) is 5.95. The Morgan fingerprint density at radius 1 is 1.32 bits per heavy atom. The van der Waals surface area contributed by atoms with Crippen LogP contribution in [0.3, 0.4) is 0 Å². The molecule has 0 fully saturated rings. The number of hydrogen-bond donors (Lipinski definition) is 1.